The number of hydrogen-bond donors (Lipinski definition) is 1. The number of carbonyl (C=O) groups excluding carboxylic acids is 2. The van der Waals surface area contributed by atoms with Gasteiger partial charge in [0, 0.05) is 11.3 Å². The van der Waals surface area contributed by atoms with Gasteiger partial charge in [0.25, 0.3) is 11.7 Å². The van der Waals surface area contributed by atoms with Crippen LogP contribution in [0.5, 0.6) is 17.2 Å². The number of carbonyl (C=O) groups is 2. The molecular formula is C30H31NO6. The summed E-state index contributed by atoms with van der Waals surface area (Å²) >= 11 is 0. The van der Waals surface area contributed by atoms with E-state index in [0.29, 0.717) is 40.7 Å². The Morgan fingerprint density at radius 1 is 0.892 bits per heavy atom. The van der Waals surface area contributed by atoms with Crippen LogP contribution in [-0.4, -0.2) is 37.6 Å². The minimum absolute atomic E-state index is 0.0238. The molecule has 1 heterocycles. The molecule has 0 aliphatic carbocycles. The van der Waals surface area contributed by atoms with Crippen molar-refractivity contribution in [2.45, 2.75) is 33.2 Å². The summed E-state index contributed by atoms with van der Waals surface area (Å²) in [6, 6.07) is 16.9. The number of methoxy groups -OCH3 is 2. The van der Waals surface area contributed by atoms with Gasteiger partial charge in [0.15, 0.2) is 0 Å². The van der Waals surface area contributed by atoms with E-state index in [4.69, 9.17) is 14.2 Å². The zero-order chi connectivity index (χ0) is 26.7. The van der Waals surface area contributed by atoms with E-state index in [0.717, 1.165) is 17.5 Å². The van der Waals surface area contributed by atoms with E-state index in [1.807, 2.05) is 45.0 Å². The molecule has 3 aromatic rings. The number of aryl methyl sites for hydroxylation is 2. The van der Waals surface area contributed by atoms with Crippen molar-refractivity contribution in [3.63, 3.8) is 0 Å². The van der Waals surface area contributed by atoms with Crippen LogP contribution in [0.2, 0.25) is 0 Å². The zero-order valence-electron chi connectivity index (χ0n) is 21.7. The average molecular weight is 502 g/mol. The van der Waals surface area contributed by atoms with Crippen LogP contribution in [0.1, 0.15) is 41.6 Å². The highest BCUT2D eigenvalue weighted by Gasteiger charge is 2.47. The molecule has 1 aliphatic rings. The summed E-state index contributed by atoms with van der Waals surface area (Å²) in [4.78, 5) is 28.3. The Morgan fingerprint density at radius 2 is 1.54 bits per heavy atom. The van der Waals surface area contributed by atoms with Crippen molar-refractivity contribution in [1.29, 1.82) is 0 Å². The average Bonchev–Trinajstić information content (AvgIpc) is 3.18. The predicted molar refractivity (Wildman–Crippen MR) is 142 cm³/mol. The van der Waals surface area contributed by atoms with Crippen molar-refractivity contribution in [3.05, 3.63) is 88.5 Å². The maximum absolute atomic E-state index is 13.5. The molecule has 37 heavy (non-hydrogen) atoms. The lowest BCUT2D eigenvalue weighted by atomic mass is 9.93. The second kappa shape index (κ2) is 10.8. The number of rotatable bonds is 8. The minimum atomic E-state index is -0.838. The third kappa shape index (κ3) is 4.89. The molecule has 0 aromatic heterocycles. The van der Waals surface area contributed by atoms with Gasteiger partial charge in [-0.2, -0.15) is 0 Å². The maximum atomic E-state index is 13.5. The molecule has 0 radical (unpaired) electrons. The minimum Gasteiger partial charge on any atom is -0.507 e. The van der Waals surface area contributed by atoms with Crippen molar-refractivity contribution >= 4 is 23.1 Å². The number of Topliss-reactive ketones (excluding diaryl/α,β-unsaturated/α-hetero) is 1. The molecule has 0 spiro atoms. The summed E-state index contributed by atoms with van der Waals surface area (Å²) < 4.78 is 16.4. The van der Waals surface area contributed by atoms with E-state index in [-0.39, 0.29) is 11.3 Å². The Bertz CT molecular complexity index is 1340. The van der Waals surface area contributed by atoms with Gasteiger partial charge in [-0.1, -0.05) is 19.1 Å². The molecule has 1 saturated heterocycles. The van der Waals surface area contributed by atoms with Crippen LogP contribution in [-0.2, 0) is 9.59 Å². The Balaban J connectivity index is 1.90. The van der Waals surface area contributed by atoms with Gasteiger partial charge in [0.2, 0.25) is 0 Å². The molecule has 7 heteroatoms. The third-order valence-electron chi connectivity index (χ3n) is 6.46. The number of hydrogen-bond acceptors (Lipinski definition) is 6. The Hall–Kier alpha value is -4.26. The fourth-order valence-corrected chi connectivity index (χ4v) is 4.53. The van der Waals surface area contributed by atoms with Crippen LogP contribution < -0.4 is 19.1 Å². The van der Waals surface area contributed by atoms with E-state index in [1.54, 1.807) is 50.6 Å². The first-order valence-electron chi connectivity index (χ1n) is 12.1. The number of ketones is 1. The standard InChI is InChI=1S/C30H31NO6/c1-6-15-37-23-11-7-20(8-12-23)27-26(28(32)24-16-19(3)25(36-5)17-18(24)2)29(33)30(34)31(27)21-9-13-22(35-4)14-10-21/h7-14,16-17,27,32H,6,15H2,1-5H3/b28-26+. The highest BCUT2D eigenvalue weighted by molar-refractivity contribution is 6.51. The molecule has 7 nitrogen and oxygen atoms in total. The van der Waals surface area contributed by atoms with Crippen LogP contribution >= 0.6 is 0 Å². The van der Waals surface area contributed by atoms with Crippen LogP contribution in [0.25, 0.3) is 5.76 Å². The largest absolute Gasteiger partial charge is 0.507 e. The summed E-state index contributed by atoms with van der Waals surface area (Å²) in [5.74, 6) is 0.288. The molecule has 1 unspecified atom stereocenters. The molecule has 0 bridgehead atoms. The van der Waals surface area contributed by atoms with Crippen LogP contribution in [0, 0.1) is 13.8 Å². The first-order chi connectivity index (χ1) is 17.8. The Labute approximate surface area is 216 Å². The highest BCUT2D eigenvalue weighted by atomic mass is 16.5. The second-order valence-corrected chi connectivity index (χ2v) is 8.92. The number of nitrogens with zero attached hydrogens (tertiary/aromatic N) is 1. The molecule has 3 aromatic carbocycles. The molecular weight excluding hydrogens is 470 g/mol. The summed E-state index contributed by atoms with van der Waals surface area (Å²) in [5.41, 5.74) is 3.20. The van der Waals surface area contributed by atoms with Crippen molar-refractivity contribution in [2.75, 3.05) is 25.7 Å². The van der Waals surface area contributed by atoms with E-state index < -0.39 is 17.7 Å². The molecule has 4 rings (SSSR count). The normalized spacial score (nSPS) is 16.7. The molecule has 0 saturated carbocycles. The number of aliphatic hydroxyl groups excluding tert-OH is 1. The molecule has 1 fully saturated rings. The fraction of sp³-hybridized carbons (Fsp3) is 0.267. The van der Waals surface area contributed by atoms with E-state index in [1.165, 1.54) is 4.90 Å². The van der Waals surface area contributed by atoms with Crippen LogP contribution in [0.3, 0.4) is 0 Å². The first-order valence-corrected chi connectivity index (χ1v) is 12.1. The van der Waals surface area contributed by atoms with Crippen molar-refractivity contribution < 1.29 is 28.9 Å². The Morgan fingerprint density at radius 3 is 2.14 bits per heavy atom. The van der Waals surface area contributed by atoms with Gasteiger partial charge in [-0.25, -0.2) is 0 Å². The van der Waals surface area contributed by atoms with E-state index >= 15 is 0 Å². The maximum Gasteiger partial charge on any atom is 0.300 e. The first kappa shape index (κ1) is 25.8. The molecule has 1 amide bonds. The smallest absolute Gasteiger partial charge is 0.300 e. The number of aliphatic hydroxyl groups is 1. The SMILES string of the molecule is CCCOc1ccc(C2/C(=C(\O)c3cc(C)c(OC)cc3C)C(=O)C(=O)N2c2ccc(OC)cc2)cc1. The third-order valence-corrected chi connectivity index (χ3v) is 6.46. The highest BCUT2D eigenvalue weighted by Crippen LogP contribution is 2.43. The van der Waals surface area contributed by atoms with Crippen LogP contribution in [0.4, 0.5) is 5.69 Å². The van der Waals surface area contributed by atoms with Crippen molar-refractivity contribution in [1.82, 2.24) is 0 Å². The fourth-order valence-electron chi connectivity index (χ4n) is 4.53. The summed E-state index contributed by atoms with van der Waals surface area (Å²) in [7, 11) is 3.14. The predicted octanol–water partition coefficient (Wildman–Crippen LogP) is 5.74. The van der Waals surface area contributed by atoms with Gasteiger partial charge in [-0.15, -0.1) is 0 Å². The van der Waals surface area contributed by atoms with Gasteiger partial charge in [0.05, 0.1) is 32.4 Å². The number of benzene rings is 3. The summed E-state index contributed by atoms with van der Waals surface area (Å²) in [6.07, 6.45) is 0.875. The van der Waals surface area contributed by atoms with E-state index in [9.17, 15) is 14.7 Å². The number of anilines is 1. The van der Waals surface area contributed by atoms with Crippen molar-refractivity contribution in [2.24, 2.45) is 0 Å². The molecule has 1 aliphatic heterocycles. The molecule has 1 N–H and O–H groups in total. The zero-order valence-corrected chi connectivity index (χ0v) is 21.7. The lowest BCUT2D eigenvalue weighted by molar-refractivity contribution is -0.132. The van der Waals surface area contributed by atoms with Gasteiger partial charge >= 0.3 is 0 Å². The van der Waals surface area contributed by atoms with Gasteiger partial charge in [-0.05, 0) is 85.5 Å². The lowest BCUT2D eigenvalue weighted by Gasteiger charge is -2.26. The van der Waals surface area contributed by atoms with E-state index in [2.05, 4.69) is 0 Å². The second-order valence-electron chi connectivity index (χ2n) is 8.92. The van der Waals surface area contributed by atoms with Crippen LogP contribution in [0.15, 0.2) is 66.2 Å². The summed E-state index contributed by atoms with van der Waals surface area (Å²) in [6.45, 7) is 6.29. The monoisotopic (exact) mass is 501 g/mol. The Kier molecular flexibility index (Phi) is 7.53. The molecule has 1 atom stereocenters. The van der Waals surface area contributed by atoms with Gasteiger partial charge in [0.1, 0.15) is 23.0 Å². The number of ether oxygens (including phenoxy) is 3. The topological polar surface area (TPSA) is 85.3 Å². The summed E-state index contributed by atoms with van der Waals surface area (Å²) in [5, 5.41) is 11.5. The number of amides is 1. The van der Waals surface area contributed by atoms with Gasteiger partial charge in [-0.3, -0.25) is 14.5 Å². The molecule has 192 valence electrons. The van der Waals surface area contributed by atoms with Crippen molar-refractivity contribution in [3.8, 4) is 17.2 Å². The lowest BCUT2D eigenvalue weighted by Crippen LogP contribution is -2.29. The quantitative estimate of drug-likeness (QED) is 0.241. The van der Waals surface area contributed by atoms with Gasteiger partial charge < -0.3 is 19.3 Å².